The molecule has 0 radical (unpaired) electrons. The summed E-state index contributed by atoms with van der Waals surface area (Å²) in [6.45, 7) is 2.40. The van der Waals surface area contributed by atoms with Gasteiger partial charge in [-0.05, 0) is 18.4 Å². The second-order valence-corrected chi connectivity index (χ2v) is 6.88. The molecule has 1 aliphatic carbocycles. The topological polar surface area (TPSA) is 49.8 Å². The first-order valence-electron chi connectivity index (χ1n) is 8.80. The second kappa shape index (κ2) is 7.45. The largest absolute Gasteiger partial charge is 0.396 e. The summed E-state index contributed by atoms with van der Waals surface area (Å²) in [5, 5.41) is 9.49. The van der Waals surface area contributed by atoms with Gasteiger partial charge in [0.05, 0.1) is 18.6 Å². The lowest BCUT2D eigenvalue weighted by atomic mass is 9.68. The zero-order valence-electron chi connectivity index (χ0n) is 13.7. The van der Waals surface area contributed by atoms with Crippen LogP contribution in [0, 0.1) is 5.92 Å². The molecular formula is C19H27NO3. The maximum atomic E-state index is 13.5. The molecule has 1 saturated heterocycles. The Kier molecular flexibility index (Phi) is 5.34. The lowest BCUT2D eigenvalue weighted by molar-refractivity contribution is -0.139. The summed E-state index contributed by atoms with van der Waals surface area (Å²) >= 11 is 0. The third-order valence-electron chi connectivity index (χ3n) is 5.33. The minimum atomic E-state index is -0.385. The molecule has 1 aromatic carbocycles. The number of benzene rings is 1. The molecule has 0 bridgehead atoms. The summed E-state index contributed by atoms with van der Waals surface area (Å²) in [5.41, 5.74) is 0.763. The lowest BCUT2D eigenvalue weighted by Crippen LogP contribution is -2.50. The van der Waals surface area contributed by atoms with Gasteiger partial charge in [0.1, 0.15) is 0 Å². The van der Waals surface area contributed by atoms with E-state index in [9.17, 15) is 9.90 Å². The van der Waals surface area contributed by atoms with Gasteiger partial charge >= 0.3 is 0 Å². The Labute approximate surface area is 138 Å². The number of nitrogens with zero attached hydrogens (tertiary/aromatic N) is 1. The lowest BCUT2D eigenvalue weighted by Gasteiger charge is -2.40. The summed E-state index contributed by atoms with van der Waals surface area (Å²) in [7, 11) is 0. The summed E-state index contributed by atoms with van der Waals surface area (Å²) in [6.07, 6.45) is 5.28. The van der Waals surface area contributed by atoms with E-state index in [0.29, 0.717) is 26.3 Å². The number of aliphatic hydroxyl groups is 1. The average Bonchev–Trinajstić information content (AvgIpc) is 2.88. The van der Waals surface area contributed by atoms with E-state index >= 15 is 0 Å². The summed E-state index contributed by atoms with van der Waals surface area (Å²) in [5.74, 6) is 0.255. The van der Waals surface area contributed by atoms with Gasteiger partial charge in [-0.15, -0.1) is 0 Å². The molecule has 1 atom stereocenters. The van der Waals surface area contributed by atoms with E-state index in [-0.39, 0.29) is 23.8 Å². The predicted molar refractivity (Wildman–Crippen MR) is 89.2 cm³/mol. The number of amides is 1. The van der Waals surface area contributed by atoms with E-state index in [4.69, 9.17) is 4.74 Å². The third kappa shape index (κ3) is 3.43. The van der Waals surface area contributed by atoms with Crippen molar-refractivity contribution in [3.05, 3.63) is 35.9 Å². The standard InChI is InChI=1S/C19H27NO3/c21-14-16-13-20(11-12-23-15-16)18(22)19(9-5-2-6-10-19)17-7-3-1-4-8-17/h1,3-4,7-8,16,21H,2,5-6,9-15H2/t16-/m0/s1. The molecule has 23 heavy (non-hydrogen) atoms. The molecule has 2 aliphatic rings. The van der Waals surface area contributed by atoms with Crippen LogP contribution in [0.2, 0.25) is 0 Å². The minimum absolute atomic E-state index is 0.0258. The van der Waals surface area contributed by atoms with Crippen molar-refractivity contribution in [1.82, 2.24) is 4.90 Å². The molecule has 1 heterocycles. The van der Waals surface area contributed by atoms with Crippen LogP contribution in [0.5, 0.6) is 0 Å². The maximum absolute atomic E-state index is 13.5. The highest BCUT2D eigenvalue weighted by molar-refractivity contribution is 5.88. The molecule has 2 fully saturated rings. The first-order valence-corrected chi connectivity index (χ1v) is 8.80. The van der Waals surface area contributed by atoms with Crippen molar-refractivity contribution in [2.75, 3.05) is 32.9 Å². The van der Waals surface area contributed by atoms with E-state index in [1.54, 1.807) is 0 Å². The second-order valence-electron chi connectivity index (χ2n) is 6.88. The molecule has 4 heteroatoms. The number of ether oxygens (including phenoxy) is 1. The van der Waals surface area contributed by atoms with Gasteiger partial charge in [0.15, 0.2) is 0 Å². The smallest absolute Gasteiger partial charge is 0.233 e. The average molecular weight is 317 g/mol. The zero-order chi connectivity index (χ0) is 16.1. The summed E-state index contributed by atoms with van der Waals surface area (Å²) in [6, 6.07) is 10.3. The zero-order valence-corrected chi connectivity index (χ0v) is 13.7. The van der Waals surface area contributed by atoms with Crippen LogP contribution >= 0.6 is 0 Å². The molecular weight excluding hydrogens is 290 g/mol. The fourth-order valence-corrected chi connectivity index (χ4v) is 4.02. The van der Waals surface area contributed by atoms with E-state index in [0.717, 1.165) is 31.2 Å². The predicted octanol–water partition coefficient (Wildman–Crippen LogP) is 2.36. The Bertz CT molecular complexity index is 511. The van der Waals surface area contributed by atoms with Crippen molar-refractivity contribution in [3.63, 3.8) is 0 Å². The quantitative estimate of drug-likeness (QED) is 0.931. The first-order chi connectivity index (χ1) is 11.3. The van der Waals surface area contributed by atoms with Crippen LogP contribution in [-0.4, -0.2) is 48.8 Å². The molecule has 0 spiro atoms. The number of carbonyl (C=O) groups excluding carboxylic acids is 1. The van der Waals surface area contributed by atoms with E-state index < -0.39 is 0 Å². The van der Waals surface area contributed by atoms with E-state index in [1.165, 1.54) is 6.42 Å². The molecule has 0 unspecified atom stereocenters. The van der Waals surface area contributed by atoms with Gasteiger partial charge in [-0.3, -0.25) is 4.79 Å². The van der Waals surface area contributed by atoms with Crippen LogP contribution in [0.4, 0.5) is 0 Å². The van der Waals surface area contributed by atoms with Crippen molar-refractivity contribution < 1.29 is 14.6 Å². The number of aliphatic hydroxyl groups excluding tert-OH is 1. The Morgan fingerprint density at radius 1 is 1.22 bits per heavy atom. The molecule has 4 nitrogen and oxygen atoms in total. The first kappa shape index (κ1) is 16.5. The van der Waals surface area contributed by atoms with E-state index in [2.05, 4.69) is 12.1 Å². The van der Waals surface area contributed by atoms with Crippen LogP contribution in [0.15, 0.2) is 30.3 Å². The van der Waals surface area contributed by atoms with Gasteiger partial charge in [-0.1, -0.05) is 49.6 Å². The summed E-state index contributed by atoms with van der Waals surface area (Å²) in [4.78, 5) is 15.4. The highest BCUT2D eigenvalue weighted by Crippen LogP contribution is 2.41. The minimum Gasteiger partial charge on any atom is -0.396 e. The highest BCUT2D eigenvalue weighted by Gasteiger charge is 2.43. The molecule has 1 aliphatic heterocycles. The fraction of sp³-hybridized carbons (Fsp3) is 0.632. The van der Waals surface area contributed by atoms with E-state index in [1.807, 2.05) is 23.1 Å². The number of hydrogen-bond acceptors (Lipinski definition) is 3. The van der Waals surface area contributed by atoms with Crippen molar-refractivity contribution in [1.29, 1.82) is 0 Å². The third-order valence-corrected chi connectivity index (χ3v) is 5.33. The van der Waals surface area contributed by atoms with Gasteiger partial charge in [0.2, 0.25) is 5.91 Å². The number of rotatable bonds is 3. The molecule has 3 rings (SSSR count). The maximum Gasteiger partial charge on any atom is 0.233 e. The van der Waals surface area contributed by atoms with Crippen molar-refractivity contribution in [3.8, 4) is 0 Å². The van der Waals surface area contributed by atoms with Crippen LogP contribution in [0.25, 0.3) is 0 Å². The Hall–Kier alpha value is -1.39. The Balaban J connectivity index is 1.88. The van der Waals surface area contributed by atoms with Crippen LogP contribution in [0.3, 0.4) is 0 Å². The molecule has 1 saturated carbocycles. The van der Waals surface area contributed by atoms with Gasteiger partial charge in [0, 0.05) is 25.6 Å². The molecule has 1 amide bonds. The monoisotopic (exact) mass is 317 g/mol. The van der Waals surface area contributed by atoms with Gasteiger partial charge in [0.25, 0.3) is 0 Å². The Morgan fingerprint density at radius 2 is 1.96 bits per heavy atom. The molecule has 126 valence electrons. The van der Waals surface area contributed by atoms with Crippen molar-refractivity contribution in [2.24, 2.45) is 5.92 Å². The van der Waals surface area contributed by atoms with Crippen molar-refractivity contribution >= 4 is 5.91 Å². The van der Waals surface area contributed by atoms with Crippen LogP contribution in [-0.2, 0) is 14.9 Å². The molecule has 0 aromatic heterocycles. The highest BCUT2D eigenvalue weighted by atomic mass is 16.5. The summed E-state index contributed by atoms with van der Waals surface area (Å²) < 4.78 is 5.55. The molecule has 1 aromatic rings. The Morgan fingerprint density at radius 3 is 2.65 bits per heavy atom. The van der Waals surface area contributed by atoms with Crippen LogP contribution < -0.4 is 0 Å². The van der Waals surface area contributed by atoms with Gasteiger partial charge < -0.3 is 14.7 Å². The molecule has 1 N–H and O–H groups in total. The van der Waals surface area contributed by atoms with Crippen LogP contribution in [0.1, 0.15) is 37.7 Å². The van der Waals surface area contributed by atoms with Gasteiger partial charge in [-0.2, -0.15) is 0 Å². The normalized spacial score (nSPS) is 24.9. The fourth-order valence-electron chi connectivity index (χ4n) is 4.02. The SMILES string of the molecule is O=C(N1CCOC[C@H](CO)C1)C1(c2ccccc2)CCCCC1. The van der Waals surface area contributed by atoms with Crippen molar-refractivity contribution in [2.45, 2.75) is 37.5 Å². The van der Waals surface area contributed by atoms with Gasteiger partial charge in [-0.25, -0.2) is 0 Å². The number of carbonyl (C=O) groups is 1. The number of hydrogen-bond donors (Lipinski definition) is 1.